The fourth-order valence-electron chi connectivity index (χ4n) is 2.58. The number of aryl methyl sites for hydroxylation is 1. The largest absolute Gasteiger partial charge is 0.336 e. The summed E-state index contributed by atoms with van der Waals surface area (Å²) < 4.78 is 23.3. The van der Waals surface area contributed by atoms with Gasteiger partial charge in [0.05, 0.1) is 4.90 Å². The third-order valence-electron chi connectivity index (χ3n) is 4.31. The molecule has 29 heavy (non-hydrogen) atoms. The topological polar surface area (TPSA) is 130 Å². The summed E-state index contributed by atoms with van der Waals surface area (Å²) in [5.41, 5.74) is 3.08. The fraction of sp³-hybridized carbons (Fsp3) is 0.300. The van der Waals surface area contributed by atoms with Crippen LogP contribution < -0.4 is 21.1 Å². The van der Waals surface area contributed by atoms with E-state index in [4.69, 9.17) is 5.14 Å². The van der Waals surface area contributed by atoms with Crippen molar-refractivity contribution in [1.29, 1.82) is 0 Å². The highest BCUT2D eigenvalue weighted by atomic mass is 32.2. The predicted octanol–water partition coefficient (Wildman–Crippen LogP) is 2.41. The van der Waals surface area contributed by atoms with Gasteiger partial charge in [0.1, 0.15) is 0 Å². The standard InChI is InChI=1S/C20H26N4O4S/c1-12(2)23-20(26)22-11-15-5-7-16(8-6-15)19(25)24-18-10-17(29(21,27)28)9-13(3)14(18)4/h5-10,12H,11H2,1-4H3,(H,24,25)(H2,21,27,28)(H2,22,23,26). The van der Waals surface area contributed by atoms with Crippen LogP contribution in [0.25, 0.3) is 0 Å². The maximum Gasteiger partial charge on any atom is 0.315 e. The highest BCUT2D eigenvalue weighted by Gasteiger charge is 2.15. The molecule has 0 aromatic heterocycles. The van der Waals surface area contributed by atoms with E-state index in [0.29, 0.717) is 23.4 Å². The third kappa shape index (κ3) is 6.30. The maximum absolute atomic E-state index is 12.6. The lowest BCUT2D eigenvalue weighted by Crippen LogP contribution is -2.39. The van der Waals surface area contributed by atoms with Gasteiger partial charge in [0.15, 0.2) is 0 Å². The highest BCUT2D eigenvalue weighted by molar-refractivity contribution is 7.89. The number of hydrogen-bond acceptors (Lipinski definition) is 4. The molecule has 2 rings (SSSR count). The molecule has 2 aromatic carbocycles. The lowest BCUT2D eigenvalue weighted by Gasteiger charge is -2.13. The molecule has 0 spiro atoms. The number of benzene rings is 2. The van der Waals surface area contributed by atoms with E-state index in [9.17, 15) is 18.0 Å². The van der Waals surface area contributed by atoms with Gasteiger partial charge in [-0.3, -0.25) is 4.79 Å². The molecule has 0 saturated carbocycles. The quantitative estimate of drug-likeness (QED) is 0.574. The molecule has 0 heterocycles. The Labute approximate surface area is 170 Å². The van der Waals surface area contributed by atoms with Gasteiger partial charge >= 0.3 is 6.03 Å². The summed E-state index contributed by atoms with van der Waals surface area (Å²) in [7, 11) is -3.88. The Hall–Kier alpha value is -2.91. The molecule has 0 aliphatic carbocycles. The van der Waals surface area contributed by atoms with Gasteiger partial charge in [0, 0.05) is 23.8 Å². The molecule has 3 amide bonds. The van der Waals surface area contributed by atoms with E-state index in [1.165, 1.54) is 12.1 Å². The SMILES string of the molecule is Cc1cc(S(N)(=O)=O)cc(NC(=O)c2ccc(CNC(=O)NC(C)C)cc2)c1C. The van der Waals surface area contributed by atoms with Crippen LogP contribution in [-0.4, -0.2) is 26.4 Å². The monoisotopic (exact) mass is 418 g/mol. The Morgan fingerprint density at radius 2 is 1.69 bits per heavy atom. The third-order valence-corrected chi connectivity index (χ3v) is 5.20. The number of hydrogen-bond donors (Lipinski definition) is 4. The van der Waals surface area contributed by atoms with Gasteiger partial charge in [-0.2, -0.15) is 0 Å². The van der Waals surface area contributed by atoms with Crippen LogP contribution in [0.5, 0.6) is 0 Å². The van der Waals surface area contributed by atoms with Crippen LogP contribution in [0.1, 0.15) is 40.9 Å². The molecule has 0 aliphatic heterocycles. The Kier molecular flexibility index (Phi) is 6.99. The van der Waals surface area contributed by atoms with Crippen molar-refractivity contribution in [3.05, 3.63) is 58.7 Å². The van der Waals surface area contributed by atoms with Crippen LogP contribution in [0.15, 0.2) is 41.3 Å². The maximum atomic E-state index is 12.6. The van der Waals surface area contributed by atoms with E-state index in [2.05, 4.69) is 16.0 Å². The van der Waals surface area contributed by atoms with Gasteiger partial charge in [-0.25, -0.2) is 18.4 Å². The van der Waals surface area contributed by atoms with Crippen LogP contribution in [-0.2, 0) is 16.6 Å². The normalized spacial score (nSPS) is 11.2. The van der Waals surface area contributed by atoms with Crippen molar-refractivity contribution in [3.63, 3.8) is 0 Å². The van der Waals surface area contributed by atoms with Crippen LogP contribution in [0.4, 0.5) is 10.5 Å². The smallest absolute Gasteiger partial charge is 0.315 e. The molecule has 2 aromatic rings. The van der Waals surface area contributed by atoms with E-state index < -0.39 is 10.0 Å². The van der Waals surface area contributed by atoms with Crippen molar-refractivity contribution in [2.45, 2.75) is 45.2 Å². The number of urea groups is 1. The van der Waals surface area contributed by atoms with Gasteiger partial charge in [-0.15, -0.1) is 0 Å². The summed E-state index contributed by atoms with van der Waals surface area (Å²) in [5.74, 6) is -0.379. The Balaban J connectivity index is 2.10. The van der Waals surface area contributed by atoms with E-state index in [0.717, 1.165) is 11.1 Å². The molecule has 9 heteroatoms. The number of nitrogens with one attached hydrogen (secondary N) is 3. The highest BCUT2D eigenvalue weighted by Crippen LogP contribution is 2.24. The lowest BCUT2D eigenvalue weighted by atomic mass is 10.1. The average molecular weight is 419 g/mol. The molecule has 0 atom stereocenters. The van der Waals surface area contributed by atoms with Crippen LogP contribution in [0.2, 0.25) is 0 Å². The molecule has 0 radical (unpaired) electrons. The van der Waals surface area contributed by atoms with Crippen LogP contribution >= 0.6 is 0 Å². The molecule has 5 N–H and O–H groups in total. The zero-order valence-electron chi connectivity index (χ0n) is 16.9. The minimum absolute atomic E-state index is 0.0425. The van der Waals surface area contributed by atoms with Crippen LogP contribution in [0, 0.1) is 13.8 Å². The zero-order valence-corrected chi connectivity index (χ0v) is 17.7. The molecule has 156 valence electrons. The van der Waals surface area contributed by atoms with Gasteiger partial charge in [0.2, 0.25) is 10.0 Å². The number of sulfonamides is 1. The number of carbonyl (C=O) groups is 2. The zero-order chi connectivity index (χ0) is 21.8. The molecule has 0 unspecified atom stereocenters. The molecule has 0 fully saturated rings. The second-order valence-corrected chi connectivity index (χ2v) is 8.65. The van der Waals surface area contributed by atoms with E-state index in [1.54, 1.807) is 38.1 Å². The number of amides is 3. The van der Waals surface area contributed by atoms with Gasteiger partial charge in [0.25, 0.3) is 5.91 Å². The van der Waals surface area contributed by atoms with E-state index >= 15 is 0 Å². The summed E-state index contributed by atoms with van der Waals surface area (Å²) in [5, 5.41) is 13.4. The summed E-state index contributed by atoms with van der Waals surface area (Å²) in [6.07, 6.45) is 0. The minimum Gasteiger partial charge on any atom is -0.336 e. The number of carbonyl (C=O) groups excluding carboxylic acids is 2. The summed E-state index contributed by atoms with van der Waals surface area (Å²) >= 11 is 0. The Morgan fingerprint density at radius 3 is 2.24 bits per heavy atom. The van der Waals surface area contributed by atoms with E-state index in [1.807, 2.05) is 13.8 Å². The second-order valence-electron chi connectivity index (χ2n) is 7.09. The first kappa shape index (κ1) is 22.4. The second kappa shape index (κ2) is 9.06. The fourth-order valence-corrected chi connectivity index (χ4v) is 3.21. The van der Waals surface area contributed by atoms with Crippen molar-refractivity contribution in [2.24, 2.45) is 5.14 Å². The molecule has 0 bridgehead atoms. The number of nitrogens with two attached hydrogens (primary N) is 1. The van der Waals surface area contributed by atoms with Crippen molar-refractivity contribution in [2.75, 3.05) is 5.32 Å². The number of anilines is 1. The lowest BCUT2D eigenvalue weighted by molar-refractivity contribution is 0.102. The summed E-state index contributed by atoms with van der Waals surface area (Å²) in [6.45, 7) is 7.60. The van der Waals surface area contributed by atoms with Crippen molar-refractivity contribution in [1.82, 2.24) is 10.6 Å². The van der Waals surface area contributed by atoms with Gasteiger partial charge in [-0.1, -0.05) is 12.1 Å². The Morgan fingerprint density at radius 1 is 1.07 bits per heavy atom. The van der Waals surface area contributed by atoms with Gasteiger partial charge in [-0.05, 0) is 68.7 Å². The molecule has 0 aliphatic rings. The molecular formula is C20H26N4O4S. The van der Waals surface area contributed by atoms with E-state index in [-0.39, 0.29) is 22.9 Å². The first-order chi connectivity index (χ1) is 13.5. The molecular weight excluding hydrogens is 392 g/mol. The summed E-state index contributed by atoms with van der Waals surface area (Å²) in [4.78, 5) is 24.1. The summed E-state index contributed by atoms with van der Waals surface area (Å²) in [6, 6.07) is 9.35. The van der Waals surface area contributed by atoms with Crippen LogP contribution in [0.3, 0.4) is 0 Å². The van der Waals surface area contributed by atoms with Crippen molar-refractivity contribution >= 4 is 27.6 Å². The first-order valence-electron chi connectivity index (χ1n) is 9.06. The number of rotatable bonds is 6. The number of primary sulfonamides is 1. The van der Waals surface area contributed by atoms with Gasteiger partial charge < -0.3 is 16.0 Å². The average Bonchev–Trinajstić information content (AvgIpc) is 2.62. The van der Waals surface area contributed by atoms with Crippen molar-refractivity contribution in [3.8, 4) is 0 Å². The predicted molar refractivity (Wildman–Crippen MR) is 112 cm³/mol. The van der Waals surface area contributed by atoms with Crippen molar-refractivity contribution < 1.29 is 18.0 Å². The minimum atomic E-state index is -3.88. The molecule has 0 saturated heterocycles. The molecule has 8 nitrogen and oxygen atoms in total. The Bertz CT molecular complexity index is 1020. The first-order valence-corrected chi connectivity index (χ1v) is 10.6.